The molecular weight excluding hydrogens is 324 g/mol. The lowest BCUT2D eigenvalue weighted by atomic mass is 10.0. The van der Waals surface area contributed by atoms with Crippen molar-refractivity contribution in [3.05, 3.63) is 34.9 Å². The minimum Gasteiger partial charge on any atom is -0.229 e. The van der Waals surface area contributed by atoms with Crippen LogP contribution in [0.3, 0.4) is 0 Å². The first-order valence-electron chi connectivity index (χ1n) is 6.82. The molecule has 19 heavy (non-hydrogen) atoms. The van der Waals surface area contributed by atoms with Crippen LogP contribution in [0.5, 0.6) is 0 Å². The average molecular weight is 345 g/mol. The molecule has 0 spiro atoms. The molecule has 1 aliphatic rings. The summed E-state index contributed by atoms with van der Waals surface area (Å²) in [5.41, 5.74) is 3.76. The Morgan fingerprint density at radius 1 is 1.26 bits per heavy atom. The molecule has 1 fully saturated rings. The van der Waals surface area contributed by atoms with E-state index in [-0.39, 0.29) is 10.1 Å². The number of halogens is 1. The van der Waals surface area contributed by atoms with Gasteiger partial charge in [0.2, 0.25) is 0 Å². The summed E-state index contributed by atoms with van der Waals surface area (Å²) < 4.78 is 24.2. The van der Waals surface area contributed by atoms with Crippen LogP contribution in [0.15, 0.2) is 18.2 Å². The van der Waals surface area contributed by atoms with Crippen LogP contribution in [0.4, 0.5) is 0 Å². The zero-order chi connectivity index (χ0) is 14.0. The number of hydrogen-bond acceptors (Lipinski definition) is 2. The molecule has 1 heterocycles. The van der Waals surface area contributed by atoms with Crippen LogP contribution in [-0.4, -0.2) is 24.2 Å². The van der Waals surface area contributed by atoms with Crippen molar-refractivity contribution in [2.75, 3.05) is 5.75 Å². The highest BCUT2D eigenvalue weighted by molar-refractivity contribution is 9.09. The van der Waals surface area contributed by atoms with Crippen LogP contribution in [-0.2, 0) is 16.3 Å². The second-order valence-electron chi connectivity index (χ2n) is 5.54. The molecule has 4 heteroatoms. The van der Waals surface area contributed by atoms with Crippen molar-refractivity contribution in [2.24, 2.45) is 0 Å². The minimum absolute atomic E-state index is 0.0277. The Bertz CT molecular complexity index is 551. The fraction of sp³-hybridized carbons (Fsp3) is 0.600. The molecule has 0 saturated carbocycles. The number of hydrogen-bond donors (Lipinski definition) is 0. The van der Waals surface area contributed by atoms with Crippen LogP contribution in [0.1, 0.15) is 36.0 Å². The minimum atomic E-state index is -2.91. The lowest BCUT2D eigenvalue weighted by Crippen LogP contribution is -2.36. The molecule has 2 unspecified atom stereocenters. The molecule has 0 aromatic heterocycles. The van der Waals surface area contributed by atoms with Crippen molar-refractivity contribution >= 4 is 25.8 Å². The molecule has 1 saturated heterocycles. The van der Waals surface area contributed by atoms with E-state index in [0.717, 1.165) is 25.7 Å². The van der Waals surface area contributed by atoms with Gasteiger partial charge in [-0.1, -0.05) is 40.5 Å². The van der Waals surface area contributed by atoms with Gasteiger partial charge in [0, 0.05) is 4.83 Å². The van der Waals surface area contributed by atoms with E-state index in [2.05, 4.69) is 48.0 Å². The fourth-order valence-electron chi connectivity index (χ4n) is 2.67. The van der Waals surface area contributed by atoms with Crippen molar-refractivity contribution in [3.8, 4) is 0 Å². The fourth-order valence-corrected chi connectivity index (χ4v) is 6.28. The van der Waals surface area contributed by atoms with E-state index in [0.29, 0.717) is 5.75 Å². The predicted molar refractivity (Wildman–Crippen MR) is 83.8 cm³/mol. The zero-order valence-corrected chi connectivity index (χ0v) is 13.9. The monoisotopic (exact) mass is 344 g/mol. The zero-order valence-electron chi connectivity index (χ0n) is 11.5. The third-order valence-corrected chi connectivity index (χ3v) is 7.69. The summed E-state index contributed by atoms with van der Waals surface area (Å²) >= 11 is 3.62. The Hall–Kier alpha value is -0.350. The van der Waals surface area contributed by atoms with Gasteiger partial charge in [0.15, 0.2) is 9.84 Å². The van der Waals surface area contributed by atoms with Gasteiger partial charge >= 0.3 is 0 Å². The van der Waals surface area contributed by atoms with Gasteiger partial charge in [-0.05, 0) is 49.8 Å². The van der Waals surface area contributed by atoms with Gasteiger partial charge in [0.1, 0.15) is 0 Å². The molecule has 1 aromatic rings. The first-order chi connectivity index (χ1) is 8.90. The topological polar surface area (TPSA) is 34.1 Å². The van der Waals surface area contributed by atoms with Crippen LogP contribution in [0.25, 0.3) is 0 Å². The third-order valence-electron chi connectivity index (χ3n) is 4.03. The second-order valence-corrected chi connectivity index (χ2v) is 9.06. The Morgan fingerprint density at radius 2 is 2.00 bits per heavy atom. The van der Waals surface area contributed by atoms with E-state index in [1.807, 2.05) is 0 Å². The molecule has 0 bridgehead atoms. The smallest absolute Gasteiger partial charge is 0.154 e. The van der Waals surface area contributed by atoms with E-state index in [1.54, 1.807) is 0 Å². The highest BCUT2D eigenvalue weighted by Gasteiger charge is 2.34. The van der Waals surface area contributed by atoms with E-state index < -0.39 is 9.84 Å². The highest BCUT2D eigenvalue weighted by atomic mass is 79.9. The van der Waals surface area contributed by atoms with Crippen LogP contribution < -0.4 is 0 Å². The summed E-state index contributed by atoms with van der Waals surface area (Å²) in [6.07, 6.45) is 3.43. The summed E-state index contributed by atoms with van der Waals surface area (Å²) in [6, 6.07) is 6.38. The lowest BCUT2D eigenvalue weighted by molar-refractivity contribution is 0.533. The van der Waals surface area contributed by atoms with Gasteiger partial charge < -0.3 is 0 Å². The first-order valence-corrected chi connectivity index (χ1v) is 9.45. The quantitative estimate of drug-likeness (QED) is 0.785. The van der Waals surface area contributed by atoms with Crippen molar-refractivity contribution in [2.45, 2.75) is 49.6 Å². The predicted octanol–water partition coefficient (Wildman–Crippen LogP) is 3.58. The first kappa shape index (κ1) is 15.0. The van der Waals surface area contributed by atoms with Crippen LogP contribution in [0, 0.1) is 13.8 Å². The summed E-state index contributed by atoms with van der Waals surface area (Å²) in [6.45, 7) is 4.19. The van der Waals surface area contributed by atoms with E-state index in [1.165, 1.54) is 16.7 Å². The highest BCUT2D eigenvalue weighted by Crippen LogP contribution is 2.28. The van der Waals surface area contributed by atoms with Crippen molar-refractivity contribution in [1.82, 2.24) is 0 Å². The Kier molecular flexibility index (Phi) is 4.72. The maximum absolute atomic E-state index is 12.1. The average Bonchev–Trinajstić information content (AvgIpc) is 2.33. The van der Waals surface area contributed by atoms with E-state index in [4.69, 9.17) is 0 Å². The molecule has 2 rings (SSSR count). The molecule has 1 aromatic carbocycles. The van der Waals surface area contributed by atoms with Crippen LogP contribution in [0.2, 0.25) is 0 Å². The number of benzene rings is 1. The molecule has 1 aliphatic heterocycles. The molecule has 0 amide bonds. The molecule has 2 nitrogen and oxygen atoms in total. The van der Waals surface area contributed by atoms with Gasteiger partial charge in [0.25, 0.3) is 0 Å². The van der Waals surface area contributed by atoms with Gasteiger partial charge in [-0.25, -0.2) is 8.42 Å². The summed E-state index contributed by atoms with van der Waals surface area (Å²) in [5, 5.41) is -0.220. The van der Waals surface area contributed by atoms with Crippen LogP contribution >= 0.6 is 15.9 Å². The maximum atomic E-state index is 12.1. The molecular formula is C15H21BrO2S. The molecule has 106 valence electrons. The lowest BCUT2D eigenvalue weighted by Gasteiger charge is -2.26. The third kappa shape index (κ3) is 3.60. The molecule has 0 aliphatic carbocycles. The number of sulfone groups is 1. The molecule has 0 radical (unpaired) electrons. The Balaban J connectivity index is 2.11. The number of rotatable bonds is 3. The van der Waals surface area contributed by atoms with E-state index in [9.17, 15) is 8.42 Å². The Labute approximate surface area is 124 Å². The number of alkyl halides is 1. The maximum Gasteiger partial charge on any atom is 0.154 e. The standard InChI is InChI=1S/C15H21BrO2S/c1-11-6-7-13(9-12(11)2)10-14(16)15-5-3-4-8-19(15,17)18/h6-7,9,14-15H,3-5,8,10H2,1-2H3. The second kappa shape index (κ2) is 5.96. The molecule has 2 atom stereocenters. The van der Waals surface area contributed by atoms with E-state index >= 15 is 0 Å². The normalized spacial score (nSPS) is 24.1. The summed E-state index contributed by atoms with van der Waals surface area (Å²) in [4.78, 5) is 0.0277. The molecule has 0 N–H and O–H groups in total. The number of aryl methyl sites for hydroxylation is 2. The van der Waals surface area contributed by atoms with Gasteiger partial charge in [0.05, 0.1) is 11.0 Å². The van der Waals surface area contributed by atoms with Crippen molar-refractivity contribution < 1.29 is 8.42 Å². The largest absolute Gasteiger partial charge is 0.229 e. The van der Waals surface area contributed by atoms with Gasteiger partial charge in [-0.15, -0.1) is 0 Å². The summed E-state index contributed by atoms with van der Waals surface area (Å²) in [5.74, 6) is 0.354. The van der Waals surface area contributed by atoms with Gasteiger partial charge in [-0.3, -0.25) is 0 Å². The Morgan fingerprint density at radius 3 is 2.63 bits per heavy atom. The van der Waals surface area contributed by atoms with Crippen molar-refractivity contribution in [3.63, 3.8) is 0 Å². The summed E-state index contributed by atoms with van der Waals surface area (Å²) in [7, 11) is -2.91. The SMILES string of the molecule is Cc1ccc(CC(Br)C2CCCCS2(=O)=O)cc1C. The van der Waals surface area contributed by atoms with Crippen molar-refractivity contribution in [1.29, 1.82) is 0 Å². The van der Waals surface area contributed by atoms with Gasteiger partial charge in [-0.2, -0.15) is 0 Å².